The van der Waals surface area contributed by atoms with E-state index in [-0.39, 0.29) is 42.5 Å². The van der Waals surface area contributed by atoms with E-state index in [1.165, 1.54) is 24.2 Å². The quantitative estimate of drug-likeness (QED) is 0.589. The van der Waals surface area contributed by atoms with Crippen LogP contribution >= 0.6 is 0 Å². The van der Waals surface area contributed by atoms with Crippen LogP contribution in [0, 0.1) is 11.8 Å². The number of rotatable bonds is 4. The minimum atomic E-state index is -0.196. The molecule has 2 aliphatic carbocycles. The van der Waals surface area contributed by atoms with E-state index >= 15 is 0 Å². The van der Waals surface area contributed by atoms with Gasteiger partial charge in [0.25, 0.3) is 0 Å². The Balaban J connectivity index is 1.54. The highest BCUT2D eigenvalue weighted by atomic mass is 16.2. The van der Waals surface area contributed by atoms with Crippen LogP contribution in [-0.4, -0.2) is 47.2 Å². The van der Waals surface area contributed by atoms with Crippen LogP contribution in [-0.2, 0) is 14.4 Å². The van der Waals surface area contributed by atoms with Gasteiger partial charge in [0.2, 0.25) is 17.7 Å². The summed E-state index contributed by atoms with van der Waals surface area (Å²) in [4.78, 5) is 40.3. The number of hydrogen-bond donors (Lipinski definition) is 0. The zero-order valence-electron chi connectivity index (χ0n) is 13.9. The van der Waals surface area contributed by atoms with E-state index in [2.05, 4.69) is 0 Å². The number of carbonyl (C=O) groups excluding carboxylic acids is 3. The third-order valence-electron chi connectivity index (χ3n) is 5.66. The first-order valence-corrected chi connectivity index (χ1v) is 8.85. The zero-order chi connectivity index (χ0) is 16.4. The second kappa shape index (κ2) is 6.85. The summed E-state index contributed by atoms with van der Waals surface area (Å²) < 4.78 is 0. The third-order valence-corrected chi connectivity index (χ3v) is 5.66. The van der Waals surface area contributed by atoms with Crippen molar-refractivity contribution in [1.29, 1.82) is 0 Å². The lowest BCUT2D eigenvalue weighted by Crippen LogP contribution is -2.41. The Hall–Kier alpha value is -1.65. The molecule has 3 aliphatic rings. The largest absolute Gasteiger partial charge is 0.343 e. The van der Waals surface area contributed by atoms with E-state index in [9.17, 15) is 14.4 Å². The normalized spacial score (nSPS) is 28.1. The number of amides is 3. The Morgan fingerprint density at radius 3 is 2.22 bits per heavy atom. The molecule has 0 aromatic heterocycles. The molecule has 23 heavy (non-hydrogen) atoms. The van der Waals surface area contributed by atoms with Gasteiger partial charge in [0.15, 0.2) is 0 Å². The molecular formula is C18H26N2O3. The standard InChI is InChI=1S/C18H26N2O3/c1-19(13-7-3-2-4-8-13)16(21)11-12-20-17(22)14-9-5-6-10-15(14)18(20)23/h5-6,13-15H,2-4,7-12H2,1H3/t14-,15+. The number of nitrogens with zero attached hydrogens (tertiary/aromatic N) is 2. The van der Waals surface area contributed by atoms with Gasteiger partial charge in [-0.25, -0.2) is 0 Å². The minimum Gasteiger partial charge on any atom is -0.343 e. The van der Waals surface area contributed by atoms with Gasteiger partial charge in [-0.1, -0.05) is 31.4 Å². The molecule has 5 heteroatoms. The molecule has 0 N–H and O–H groups in total. The lowest BCUT2D eigenvalue weighted by Gasteiger charge is -2.31. The van der Waals surface area contributed by atoms with Crippen LogP contribution in [0.4, 0.5) is 0 Å². The monoisotopic (exact) mass is 318 g/mol. The van der Waals surface area contributed by atoms with Gasteiger partial charge in [0.1, 0.15) is 0 Å². The molecular weight excluding hydrogens is 292 g/mol. The Bertz CT molecular complexity index is 496. The number of likely N-dealkylation sites (tertiary alicyclic amines) is 1. The average Bonchev–Trinajstić information content (AvgIpc) is 2.84. The number of allylic oxidation sites excluding steroid dienone is 2. The first kappa shape index (κ1) is 16.2. The molecule has 1 saturated carbocycles. The van der Waals surface area contributed by atoms with Crippen molar-refractivity contribution in [2.75, 3.05) is 13.6 Å². The summed E-state index contributed by atoms with van der Waals surface area (Å²) in [7, 11) is 1.86. The van der Waals surface area contributed by atoms with Gasteiger partial charge >= 0.3 is 0 Å². The number of imide groups is 1. The Kier molecular flexibility index (Phi) is 4.83. The molecule has 2 fully saturated rings. The minimum absolute atomic E-state index is 0.0468. The smallest absolute Gasteiger partial charge is 0.233 e. The lowest BCUT2D eigenvalue weighted by atomic mass is 9.85. The molecule has 3 amide bonds. The fourth-order valence-electron chi connectivity index (χ4n) is 4.15. The van der Waals surface area contributed by atoms with E-state index in [0.717, 1.165) is 12.8 Å². The SMILES string of the molecule is CN(C(=O)CCN1C(=O)[C@H]2CC=CC[C@H]2C1=O)C1CCCCC1. The molecule has 0 bridgehead atoms. The van der Waals surface area contributed by atoms with Gasteiger partial charge in [-0.3, -0.25) is 19.3 Å². The molecule has 0 spiro atoms. The molecule has 1 saturated heterocycles. The summed E-state index contributed by atoms with van der Waals surface area (Å²) in [5, 5.41) is 0. The molecule has 0 aromatic carbocycles. The number of fused-ring (bicyclic) bond motifs is 1. The van der Waals surface area contributed by atoms with Gasteiger partial charge in [0, 0.05) is 26.1 Å². The highest BCUT2D eigenvalue weighted by Gasteiger charge is 2.47. The first-order valence-electron chi connectivity index (χ1n) is 8.85. The molecule has 126 valence electrons. The van der Waals surface area contributed by atoms with Gasteiger partial charge in [0.05, 0.1) is 11.8 Å². The van der Waals surface area contributed by atoms with Crippen molar-refractivity contribution >= 4 is 17.7 Å². The maximum atomic E-state index is 12.4. The molecule has 5 nitrogen and oxygen atoms in total. The van der Waals surface area contributed by atoms with E-state index in [1.807, 2.05) is 24.1 Å². The summed E-state index contributed by atoms with van der Waals surface area (Å²) in [6, 6.07) is 0.327. The van der Waals surface area contributed by atoms with E-state index < -0.39 is 0 Å². The summed E-state index contributed by atoms with van der Waals surface area (Å²) in [5.41, 5.74) is 0. The van der Waals surface area contributed by atoms with Crippen molar-refractivity contribution in [3.05, 3.63) is 12.2 Å². The average molecular weight is 318 g/mol. The van der Waals surface area contributed by atoms with E-state index in [1.54, 1.807) is 0 Å². The van der Waals surface area contributed by atoms with Crippen LogP contribution in [0.15, 0.2) is 12.2 Å². The van der Waals surface area contributed by atoms with Crippen LogP contribution < -0.4 is 0 Å². The third kappa shape index (κ3) is 3.19. The van der Waals surface area contributed by atoms with Crippen molar-refractivity contribution in [3.8, 4) is 0 Å². The van der Waals surface area contributed by atoms with Crippen molar-refractivity contribution in [3.63, 3.8) is 0 Å². The van der Waals surface area contributed by atoms with Crippen LogP contribution in [0.3, 0.4) is 0 Å². The fraction of sp³-hybridized carbons (Fsp3) is 0.722. The Labute approximate surface area is 137 Å². The maximum Gasteiger partial charge on any atom is 0.233 e. The van der Waals surface area contributed by atoms with Gasteiger partial charge in [-0.05, 0) is 25.7 Å². The molecule has 0 unspecified atom stereocenters. The van der Waals surface area contributed by atoms with Gasteiger partial charge in [-0.15, -0.1) is 0 Å². The Morgan fingerprint density at radius 2 is 1.65 bits per heavy atom. The number of carbonyl (C=O) groups is 3. The highest BCUT2D eigenvalue weighted by Crippen LogP contribution is 2.35. The molecule has 1 aliphatic heterocycles. The van der Waals surface area contributed by atoms with Gasteiger partial charge in [-0.2, -0.15) is 0 Å². The highest BCUT2D eigenvalue weighted by molar-refractivity contribution is 6.05. The molecule has 1 heterocycles. The predicted molar refractivity (Wildman–Crippen MR) is 86.3 cm³/mol. The summed E-state index contributed by atoms with van der Waals surface area (Å²) in [5.74, 6) is -0.516. The first-order chi connectivity index (χ1) is 11.1. The van der Waals surface area contributed by atoms with Crippen molar-refractivity contribution in [1.82, 2.24) is 9.80 Å². The topological polar surface area (TPSA) is 57.7 Å². The van der Waals surface area contributed by atoms with Gasteiger partial charge < -0.3 is 4.90 Å². The summed E-state index contributed by atoms with van der Waals surface area (Å²) >= 11 is 0. The molecule has 3 rings (SSSR count). The van der Waals surface area contributed by atoms with Crippen LogP contribution in [0.1, 0.15) is 51.4 Å². The zero-order valence-corrected chi connectivity index (χ0v) is 13.9. The molecule has 2 atom stereocenters. The second-order valence-corrected chi connectivity index (χ2v) is 7.03. The molecule has 0 radical (unpaired) electrons. The Morgan fingerprint density at radius 1 is 1.09 bits per heavy atom. The van der Waals surface area contributed by atoms with E-state index in [0.29, 0.717) is 18.9 Å². The van der Waals surface area contributed by atoms with Crippen LogP contribution in [0.2, 0.25) is 0 Å². The summed E-state index contributed by atoms with van der Waals surface area (Å²) in [6.45, 7) is 0.237. The predicted octanol–water partition coefficient (Wildman–Crippen LogP) is 2.12. The lowest BCUT2D eigenvalue weighted by molar-refractivity contribution is -0.141. The van der Waals surface area contributed by atoms with Crippen LogP contribution in [0.5, 0.6) is 0 Å². The van der Waals surface area contributed by atoms with E-state index in [4.69, 9.17) is 0 Å². The van der Waals surface area contributed by atoms with Crippen molar-refractivity contribution < 1.29 is 14.4 Å². The fourth-order valence-corrected chi connectivity index (χ4v) is 4.15. The second-order valence-electron chi connectivity index (χ2n) is 7.03. The number of hydrogen-bond acceptors (Lipinski definition) is 3. The maximum absolute atomic E-state index is 12.4. The molecule has 0 aromatic rings. The van der Waals surface area contributed by atoms with Crippen molar-refractivity contribution in [2.24, 2.45) is 11.8 Å². The van der Waals surface area contributed by atoms with Crippen molar-refractivity contribution in [2.45, 2.75) is 57.4 Å². The van der Waals surface area contributed by atoms with Crippen LogP contribution in [0.25, 0.3) is 0 Å². The summed E-state index contributed by atoms with van der Waals surface area (Å²) in [6.07, 6.45) is 11.3.